The first-order chi connectivity index (χ1) is 7.97. The van der Waals surface area contributed by atoms with Crippen LogP contribution in [0.15, 0.2) is 12.4 Å². The predicted molar refractivity (Wildman–Crippen MR) is 63.2 cm³/mol. The number of nitrogens with two attached hydrogens (primary N) is 1. The van der Waals surface area contributed by atoms with Gasteiger partial charge in [-0.2, -0.15) is 5.10 Å². The van der Waals surface area contributed by atoms with Crippen LogP contribution in [0.3, 0.4) is 0 Å². The first-order valence-electron chi connectivity index (χ1n) is 5.31. The topological polar surface area (TPSA) is 102 Å². The lowest BCUT2D eigenvalue weighted by molar-refractivity contribution is -0.118. The van der Waals surface area contributed by atoms with Crippen LogP contribution >= 0.6 is 0 Å². The second-order valence-electron chi connectivity index (χ2n) is 3.98. The summed E-state index contributed by atoms with van der Waals surface area (Å²) in [5.41, 5.74) is 5.56. The number of anilines is 1. The molecule has 17 heavy (non-hydrogen) atoms. The predicted octanol–water partition coefficient (Wildman–Crippen LogP) is -0.695. The molecular formula is C10H17N5O2. The van der Waals surface area contributed by atoms with Gasteiger partial charge in [0.2, 0.25) is 11.8 Å². The van der Waals surface area contributed by atoms with E-state index in [-0.39, 0.29) is 25.0 Å². The van der Waals surface area contributed by atoms with E-state index >= 15 is 0 Å². The summed E-state index contributed by atoms with van der Waals surface area (Å²) >= 11 is 0. The first-order valence-corrected chi connectivity index (χ1v) is 5.31. The third-order valence-corrected chi connectivity index (χ3v) is 1.91. The zero-order chi connectivity index (χ0) is 12.8. The molecule has 1 aromatic rings. The highest BCUT2D eigenvalue weighted by atomic mass is 16.2. The molecule has 1 rings (SSSR count). The minimum atomic E-state index is -0.479. The lowest BCUT2D eigenvalue weighted by Gasteiger charge is -2.07. The Labute approximate surface area is 99.4 Å². The number of amides is 2. The van der Waals surface area contributed by atoms with E-state index in [9.17, 15) is 9.59 Å². The molecule has 0 radical (unpaired) electrons. The van der Waals surface area contributed by atoms with E-state index in [1.807, 2.05) is 13.8 Å². The molecule has 0 aliphatic carbocycles. The van der Waals surface area contributed by atoms with Gasteiger partial charge in [0.25, 0.3) is 0 Å². The highest BCUT2D eigenvalue weighted by molar-refractivity contribution is 5.92. The van der Waals surface area contributed by atoms with E-state index in [1.54, 1.807) is 6.20 Å². The van der Waals surface area contributed by atoms with Crippen LogP contribution in [0.2, 0.25) is 0 Å². The van der Waals surface area contributed by atoms with Crippen LogP contribution in [0, 0.1) is 0 Å². The molecule has 0 bridgehead atoms. The molecule has 1 aromatic heterocycles. The summed E-state index contributed by atoms with van der Waals surface area (Å²) < 4.78 is 1.37. The number of aromatic nitrogens is 2. The van der Waals surface area contributed by atoms with E-state index in [0.29, 0.717) is 5.69 Å². The molecule has 0 atom stereocenters. The van der Waals surface area contributed by atoms with Gasteiger partial charge < -0.3 is 16.4 Å². The molecule has 0 aromatic carbocycles. The largest absolute Gasteiger partial charge is 0.368 e. The Balaban J connectivity index is 2.43. The van der Waals surface area contributed by atoms with Crippen LogP contribution in [0.1, 0.15) is 13.8 Å². The van der Waals surface area contributed by atoms with Crippen molar-refractivity contribution in [3.63, 3.8) is 0 Å². The molecule has 0 spiro atoms. The molecule has 0 saturated heterocycles. The molecule has 7 heteroatoms. The van der Waals surface area contributed by atoms with Crippen LogP contribution in [-0.4, -0.2) is 34.2 Å². The van der Waals surface area contributed by atoms with Gasteiger partial charge in [0.05, 0.1) is 18.4 Å². The molecule has 1 heterocycles. The third kappa shape index (κ3) is 5.12. The number of nitrogens with zero attached hydrogens (tertiary/aromatic N) is 2. The minimum Gasteiger partial charge on any atom is -0.368 e. The third-order valence-electron chi connectivity index (χ3n) is 1.91. The van der Waals surface area contributed by atoms with Gasteiger partial charge in [-0.1, -0.05) is 13.8 Å². The van der Waals surface area contributed by atoms with E-state index in [0.717, 1.165) is 0 Å². The molecule has 0 unspecified atom stereocenters. The van der Waals surface area contributed by atoms with Crippen molar-refractivity contribution in [1.29, 1.82) is 0 Å². The monoisotopic (exact) mass is 239 g/mol. The van der Waals surface area contributed by atoms with E-state index in [2.05, 4.69) is 15.7 Å². The van der Waals surface area contributed by atoms with Gasteiger partial charge in [-0.25, -0.2) is 0 Å². The maximum atomic E-state index is 11.4. The maximum absolute atomic E-state index is 11.4. The first kappa shape index (κ1) is 13.2. The summed E-state index contributed by atoms with van der Waals surface area (Å²) in [6.07, 6.45) is 3.02. The van der Waals surface area contributed by atoms with E-state index in [4.69, 9.17) is 5.73 Å². The summed E-state index contributed by atoms with van der Waals surface area (Å²) in [4.78, 5) is 22.1. The maximum Gasteiger partial charge on any atom is 0.239 e. The molecule has 0 fully saturated rings. The molecule has 0 saturated carbocycles. The van der Waals surface area contributed by atoms with Crippen LogP contribution in [-0.2, 0) is 16.1 Å². The smallest absolute Gasteiger partial charge is 0.239 e. The summed E-state index contributed by atoms with van der Waals surface area (Å²) in [6.45, 7) is 4.15. The number of rotatable bonds is 6. The molecule has 4 N–H and O–H groups in total. The molecule has 2 amide bonds. The Bertz CT molecular complexity index is 399. The SMILES string of the molecule is CC(C)NCC(=O)Nc1cnn(CC(N)=O)c1. The lowest BCUT2D eigenvalue weighted by Crippen LogP contribution is -2.32. The standard InChI is InChI=1S/C10H17N5O2/c1-7(2)12-4-10(17)14-8-3-13-15(5-8)6-9(11)16/h3,5,7,12H,4,6H2,1-2H3,(H2,11,16)(H,14,17). The quantitative estimate of drug-likeness (QED) is 0.611. The Hall–Kier alpha value is -1.89. The van der Waals surface area contributed by atoms with Crippen molar-refractivity contribution in [1.82, 2.24) is 15.1 Å². The zero-order valence-corrected chi connectivity index (χ0v) is 9.93. The lowest BCUT2D eigenvalue weighted by atomic mass is 10.4. The number of primary amides is 1. The molecular weight excluding hydrogens is 222 g/mol. The Morgan fingerprint density at radius 2 is 2.24 bits per heavy atom. The molecule has 94 valence electrons. The Kier molecular flexibility index (Phi) is 4.65. The average molecular weight is 239 g/mol. The minimum absolute atomic E-state index is 0.000114. The van der Waals surface area contributed by atoms with Gasteiger partial charge in [-0.15, -0.1) is 0 Å². The van der Waals surface area contributed by atoms with Crippen LogP contribution < -0.4 is 16.4 Å². The van der Waals surface area contributed by atoms with E-state index < -0.39 is 5.91 Å². The van der Waals surface area contributed by atoms with Gasteiger partial charge in [0, 0.05) is 12.2 Å². The van der Waals surface area contributed by atoms with Crippen molar-refractivity contribution in [2.24, 2.45) is 5.73 Å². The Morgan fingerprint density at radius 1 is 1.53 bits per heavy atom. The van der Waals surface area contributed by atoms with Crippen LogP contribution in [0.25, 0.3) is 0 Å². The fourth-order valence-corrected chi connectivity index (χ4v) is 1.18. The molecule has 0 aliphatic heterocycles. The fourth-order valence-electron chi connectivity index (χ4n) is 1.18. The van der Waals surface area contributed by atoms with Gasteiger partial charge in [-0.05, 0) is 0 Å². The summed E-state index contributed by atoms with van der Waals surface area (Å²) in [6, 6.07) is 0.248. The van der Waals surface area contributed by atoms with Gasteiger partial charge in [-0.3, -0.25) is 14.3 Å². The number of carbonyl (C=O) groups excluding carboxylic acids is 2. The number of nitrogens with one attached hydrogen (secondary N) is 2. The summed E-state index contributed by atoms with van der Waals surface area (Å²) in [7, 11) is 0. The second kappa shape index (κ2) is 6.00. The summed E-state index contributed by atoms with van der Waals surface area (Å²) in [5.74, 6) is -0.634. The normalized spacial score (nSPS) is 10.5. The van der Waals surface area contributed by atoms with Crippen LogP contribution in [0.5, 0.6) is 0 Å². The van der Waals surface area contributed by atoms with Crippen molar-refractivity contribution in [2.75, 3.05) is 11.9 Å². The Morgan fingerprint density at radius 3 is 2.82 bits per heavy atom. The number of carbonyl (C=O) groups is 2. The van der Waals surface area contributed by atoms with Gasteiger partial charge in [0.1, 0.15) is 6.54 Å². The fraction of sp³-hybridized carbons (Fsp3) is 0.500. The number of hydrogen-bond donors (Lipinski definition) is 3. The van der Waals surface area contributed by atoms with Gasteiger partial charge in [0.15, 0.2) is 0 Å². The van der Waals surface area contributed by atoms with Crippen molar-refractivity contribution in [2.45, 2.75) is 26.4 Å². The second-order valence-corrected chi connectivity index (χ2v) is 3.98. The van der Waals surface area contributed by atoms with Crippen molar-refractivity contribution in [3.05, 3.63) is 12.4 Å². The average Bonchev–Trinajstić information content (AvgIpc) is 2.61. The van der Waals surface area contributed by atoms with Crippen LogP contribution in [0.4, 0.5) is 5.69 Å². The van der Waals surface area contributed by atoms with E-state index in [1.165, 1.54) is 10.9 Å². The highest BCUT2D eigenvalue weighted by Crippen LogP contribution is 2.03. The summed E-state index contributed by atoms with van der Waals surface area (Å²) in [5, 5.41) is 9.53. The number of hydrogen-bond acceptors (Lipinski definition) is 4. The van der Waals surface area contributed by atoms with Crippen molar-refractivity contribution >= 4 is 17.5 Å². The van der Waals surface area contributed by atoms with Crippen molar-refractivity contribution < 1.29 is 9.59 Å². The highest BCUT2D eigenvalue weighted by Gasteiger charge is 2.05. The molecule has 0 aliphatic rings. The molecule has 7 nitrogen and oxygen atoms in total. The van der Waals surface area contributed by atoms with Crippen molar-refractivity contribution in [3.8, 4) is 0 Å². The zero-order valence-electron chi connectivity index (χ0n) is 9.93. The van der Waals surface area contributed by atoms with Gasteiger partial charge >= 0.3 is 0 Å².